The molecule has 1 aromatic heterocycles. The summed E-state index contributed by atoms with van der Waals surface area (Å²) in [6.07, 6.45) is 5.12. The predicted molar refractivity (Wildman–Crippen MR) is 128 cm³/mol. The lowest BCUT2D eigenvalue weighted by Crippen LogP contribution is -2.56. The lowest BCUT2D eigenvalue weighted by molar-refractivity contribution is -0.138. The molecule has 3 atom stereocenters. The predicted octanol–water partition coefficient (Wildman–Crippen LogP) is -3.37. The van der Waals surface area contributed by atoms with Crippen LogP contribution >= 0.6 is 0 Å². The Labute approximate surface area is 202 Å². The third-order valence-corrected chi connectivity index (χ3v) is 4.91. The summed E-state index contributed by atoms with van der Waals surface area (Å²) in [6.45, 7) is 0.108. The van der Waals surface area contributed by atoms with Gasteiger partial charge in [0.15, 0.2) is 5.96 Å². The van der Waals surface area contributed by atoms with Crippen molar-refractivity contribution < 1.29 is 24.3 Å². The van der Waals surface area contributed by atoms with Gasteiger partial charge >= 0.3 is 5.97 Å². The molecule has 0 saturated heterocycles. The molecule has 196 valence electrons. The van der Waals surface area contributed by atoms with E-state index in [0.29, 0.717) is 44.5 Å². The normalized spacial score (nSPS) is 13.2. The van der Waals surface area contributed by atoms with Crippen molar-refractivity contribution in [3.05, 3.63) is 18.2 Å². The standard InChI is InChI=1S/C20H36N10O5/c21-6-2-1-5-14(29-17(33)13(22)4-3-7-26-20(23)24)19(35)30-15(8-12-9-25-11-28-12)18(34)27-10-16(31)32/h9,11,13-15H,1-8,10,21-22H2,(H,25,28)(H,27,34)(H,29,33)(H,30,35)(H,31,32)(H4,23,24,26). The van der Waals surface area contributed by atoms with Gasteiger partial charge in [-0.3, -0.25) is 24.2 Å². The number of aromatic nitrogens is 2. The van der Waals surface area contributed by atoms with Crippen molar-refractivity contribution in [3.63, 3.8) is 0 Å². The van der Waals surface area contributed by atoms with Crippen molar-refractivity contribution in [1.29, 1.82) is 0 Å². The van der Waals surface area contributed by atoms with Gasteiger partial charge in [0.1, 0.15) is 18.6 Å². The fraction of sp³-hybridized carbons (Fsp3) is 0.600. The average molecular weight is 497 g/mol. The van der Waals surface area contributed by atoms with Crippen LogP contribution in [0.2, 0.25) is 0 Å². The second kappa shape index (κ2) is 16.0. The van der Waals surface area contributed by atoms with Crippen molar-refractivity contribution in [3.8, 4) is 0 Å². The van der Waals surface area contributed by atoms with E-state index < -0.39 is 48.4 Å². The molecular weight excluding hydrogens is 460 g/mol. The number of aliphatic carboxylic acids is 1. The van der Waals surface area contributed by atoms with Crippen LogP contribution < -0.4 is 38.9 Å². The van der Waals surface area contributed by atoms with Gasteiger partial charge in [-0.25, -0.2) is 4.98 Å². The zero-order valence-electron chi connectivity index (χ0n) is 19.5. The summed E-state index contributed by atoms with van der Waals surface area (Å²) in [5.41, 5.74) is 22.6. The number of hydrogen-bond acceptors (Lipinski definition) is 8. The quantitative estimate of drug-likeness (QED) is 0.0586. The molecule has 15 heteroatoms. The lowest BCUT2D eigenvalue weighted by atomic mass is 10.1. The van der Waals surface area contributed by atoms with Gasteiger partial charge in [0.25, 0.3) is 0 Å². The summed E-state index contributed by atoms with van der Waals surface area (Å²) in [7, 11) is 0. The monoisotopic (exact) mass is 496 g/mol. The van der Waals surface area contributed by atoms with Gasteiger partial charge in [0.2, 0.25) is 17.7 Å². The van der Waals surface area contributed by atoms with Crippen LogP contribution in [-0.4, -0.2) is 82.5 Å². The Balaban J connectivity index is 2.86. The summed E-state index contributed by atoms with van der Waals surface area (Å²) >= 11 is 0. The molecule has 3 amide bonds. The number of nitrogens with two attached hydrogens (primary N) is 4. The first-order chi connectivity index (χ1) is 16.6. The fourth-order valence-electron chi connectivity index (χ4n) is 3.07. The molecule has 0 radical (unpaired) electrons. The van der Waals surface area contributed by atoms with Crippen molar-refractivity contribution in [1.82, 2.24) is 25.9 Å². The van der Waals surface area contributed by atoms with Crippen LogP contribution in [-0.2, 0) is 25.6 Å². The van der Waals surface area contributed by atoms with Crippen molar-refractivity contribution in [2.75, 3.05) is 19.6 Å². The zero-order valence-corrected chi connectivity index (χ0v) is 19.5. The van der Waals surface area contributed by atoms with Crippen molar-refractivity contribution in [2.45, 2.75) is 56.7 Å². The Bertz CT molecular complexity index is 841. The van der Waals surface area contributed by atoms with Crippen LogP contribution in [0.3, 0.4) is 0 Å². The van der Waals surface area contributed by atoms with E-state index in [9.17, 15) is 19.2 Å². The number of nitrogens with zero attached hydrogens (tertiary/aromatic N) is 2. The fourth-order valence-corrected chi connectivity index (χ4v) is 3.07. The van der Waals surface area contributed by atoms with Gasteiger partial charge in [0, 0.05) is 24.9 Å². The largest absolute Gasteiger partial charge is 0.480 e. The molecule has 0 bridgehead atoms. The molecule has 0 saturated carbocycles. The van der Waals surface area contributed by atoms with E-state index in [4.69, 9.17) is 28.0 Å². The van der Waals surface area contributed by atoms with E-state index in [2.05, 4.69) is 30.9 Å². The smallest absolute Gasteiger partial charge is 0.322 e. The van der Waals surface area contributed by atoms with Crippen LogP contribution in [0.25, 0.3) is 0 Å². The summed E-state index contributed by atoms with van der Waals surface area (Å²) in [5, 5.41) is 16.3. The highest BCUT2D eigenvalue weighted by Crippen LogP contribution is 2.06. The Morgan fingerprint density at radius 1 is 1.03 bits per heavy atom. The number of carbonyl (C=O) groups is 4. The summed E-state index contributed by atoms with van der Waals surface area (Å²) in [6, 6.07) is -2.98. The minimum absolute atomic E-state index is 0.0327. The molecule has 0 aliphatic carbocycles. The molecule has 1 aromatic rings. The molecule has 15 nitrogen and oxygen atoms in total. The van der Waals surface area contributed by atoms with E-state index in [-0.39, 0.29) is 18.8 Å². The number of unbranched alkanes of at least 4 members (excludes halogenated alkanes) is 1. The minimum Gasteiger partial charge on any atom is -0.480 e. The maximum atomic E-state index is 13.0. The first-order valence-corrected chi connectivity index (χ1v) is 11.2. The highest BCUT2D eigenvalue weighted by Gasteiger charge is 2.28. The molecule has 0 aromatic carbocycles. The number of aromatic amines is 1. The van der Waals surface area contributed by atoms with Gasteiger partial charge in [-0.2, -0.15) is 0 Å². The van der Waals surface area contributed by atoms with Crippen molar-refractivity contribution >= 4 is 29.7 Å². The molecule has 1 rings (SSSR count). The molecule has 35 heavy (non-hydrogen) atoms. The Morgan fingerprint density at radius 3 is 2.34 bits per heavy atom. The van der Waals surface area contributed by atoms with E-state index in [0.717, 1.165) is 0 Å². The number of carboxylic acid groups (broad SMARTS) is 1. The third kappa shape index (κ3) is 12.4. The zero-order chi connectivity index (χ0) is 26.2. The summed E-state index contributed by atoms with van der Waals surface area (Å²) < 4.78 is 0. The number of carboxylic acids is 1. The van der Waals surface area contributed by atoms with Crippen LogP contribution in [0, 0.1) is 0 Å². The Hall–Kier alpha value is -3.72. The molecule has 0 spiro atoms. The van der Waals surface area contributed by atoms with Gasteiger partial charge in [-0.1, -0.05) is 0 Å². The number of carbonyl (C=O) groups excluding carboxylic acids is 3. The van der Waals surface area contributed by atoms with Crippen LogP contribution in [0.5, 0.6) is 0 Å². The lowest BCUT2D eigenvalue weighted by Gasteiger charge is -2.24. The number of guanidine groups is 1. The van der Waals surface area contributed by atoms with E-state index in [1.807, 2.05) is 0 Å². The molecule has 1 heterocycles. The first-order valence-electron chi connectivity index (χ1n) is 11.2. The second-order valence-corrected chi connectivity index (χ2v) is 7.85. The van der Waals surface area contributed by atoms with Crippen LogP contribution in [0.4, 0.5) is 0 Å². The average Bonchev–Trinajstić information content (AvgIpc) is 3.31. The molecule has 13 N–H and O–H groups in total. The molecular formula is C20H36N10O5. The summed E-state index contributed by atoms with van der Waals surface area (Å²) in [5.74, 6) is -3.14. The highest BCUT2D eigenvalue weighted by atomic mass is 16.4. The van der Waals surface area contributed by atoms with Crippen LogP contribution in [0.15, 0.2) is 17.5 Å². The number of imidazole rings is 1. The number of amides is 3. The number of aliphatic imine (C=N–C) groups is 1. The SMILES string of the molecule is NCCCCC(NC(=O)C(N)CCCN=C(N)N)C(=O)NC(Cc1cnc[nH]1)C(=O)NCC(=O)O. The van der Waals surface area contributed by atoms with E-state index in [1.165, 1.54) is 12.5 Å². The maximum Gasteiger partial charge on any atom is 0.322 e. The van der Waals surface area contributed by atoms with Gasteiger partial charge < -0.3 is 49.0 Å². The maximum absolute atomic E-state index is 13.0. The number of H-pyrrole nitrogens is 1. The molecule has 0 aliphatic rings. The Kier molecular flexibility index (Phi) is 13.4. The van der Waals surface area contributed by atoms with Gasteiger partial charge in [-0.15, -0.1) is 0 Å². The number of hydrogen-bond donors (Lipinski definition) is 9. The molecule has 3 unspecified atom stereocenters. The van der Waals surface area contributed by atoms with E-state index >= 15 is 0 Å². The molecule has 0 aliphatic heterocycles. The summed E-state index contributed by atoms with van der Waals surface area (Å²) in [4.78, 5) is 59.5. The van der Waals surface area contributed by atoms with Crippen LogP contribution in [0.1, 0.15) is 37.8 Å². The topological polar surface area (TPSA) is 270 Å². The van der Waals surface area contributed by atoms with Gasteiger partial charge in [0.05, 0.1) is 12.4 Å². The minimum atomic E-state index is -1.23. The van der Waals surface area contributed by atoms with Gasteiger partial charge in [-0.05, 0) is 38.6 Å². The number of rotatable bonds is 17. The Morgan fingerprint density at radius 2 is 1.74 bits per heavy atom. The third-order valence-electron chi connectivity index (χ3n) is 4.91. The number of nitrogens with one attached hydrogen (secondary N) is 4. The van der Waals surface area contributed by atoms with E-state index in [1.54, 1.807) is 0 Å². The first kappa shape index (κ1) is 29.3. The molecule has 0 fully saturated rings. The highest BCUT2D eigenvalue weighted by molar-refractivity contribution is 5.93. The van der Waals surface area contributed by atoms with Crippen molar-refractivity contribution in [2.24, 2.45) is 27.9 Å². The second-order valence-electron chi connectivity index (χ2n) is 7.85.